The summed E-state index contributed by atoms with van der Waals surface area (Å²) in [4.78, 5) is 38.6. The van der Waals surface area contributed by atoms with Crippen LogP contribution in [0.1, 0.15) is 27.9 Å². The van der Waals surface area contributed by atoms with Crippen LogP contribution in [0.3, 0.4) is 0 Å². The van der Waals surface area contributed by atoms with Gasteiger partial charge in [0.1, 0.15) is 0 Å². The summed E-state index contributed by atoms with van der Waals surface area (Å²) in [6.45, 7) is 4.06. The molecule has 1 heterocycles. The smallest absolute Gasteiger partial charge is 0.299 e. The van der Waals surface area contributed by atoms with Crippen molar-refractivity contribution in [1.29, 1.82) is 0 Å². The Bertz CT molecular complexity index is 605. The number of aryl methyl sites for hydroxylation is 1. The number of hydrogen-bond acceptors (Lipinski definition) is 3. The van der Waals surface area contributed by atoms with Crippen molar-refractivity contribution in [2.45, 2.75) is 20.3 Å². The third-order valence-corrected chi connectivity index (χ3v) is 3.70. The molecule has 0 saturated carbocycles. The van der Waals surface area contributed by atoms with Crippen LogP contribution in [0.25, 0.3) is 0 Å². The summed E-state index contributed by atoms with van der Waals surface area (Å²) in [5.41, 5.74) is 3.04. The number of nitrogens with zero attached hydrogens (tertiary/aromatic N) is 2. The molecule has 1 aliphatic heterocycles. The third kappa shape index (κ3) is 2.19. The molecule has 1 aliphatic rings. The number of hydrogen-bond donors (Lipinski definition) is 0. The first-order chi connectivity index (χ1) is 9.34. The summed E-state index contributed by atoms with van der Waals surface area (Å²) in [5.74, 6) is -1.09. The highest BCUT2D eigenvalue weighted by molar-refractivity contribution is 6.52. The van der Waals surface area contributed by atoms with Gasteiger partial charge in [-0.2, -0.15) is 0 Å². The molecule has 1 aromatic rings. The van der Waals surface area contributed by atoms with Crippen LogP contribution in [0.2, 0.25) is 0 Å². The van der Waals surface area contributed by atoms with E-state index in [9.17, 15) is 14.4 Å². The van der Waals surface area contributed by atoms with E-state index in [1.54, 1.807) is 20.2 Å². The fourth-order valence-electron chi connectivity index (χ4n) is 2.32. The summed E-state index contributed by atoms with van der Waals surface area (Å²) in [5, 5.41) is 0. The van der Waals surface area contributed by atoms with Crippen LogP contribution < -0.4 is 4.90 Å². The van der Waals surface area contributed by atoms with E-state index in [2.05, 4.69) is 0 Å². The molecule has 0 N–H and O–H groups in total. The highest BCUT2D eigenvalue weighted by Gasteiger charge is 2.37. The largest absolute Gasteiger partial charge is 0.349 e. The van der Waals surface area contributed by atoms with E-state index < -0.39 is 11.7 Å². The molecule has 106 valence electrons. The molecule has 0 unspecified atom stereocenters. The van der Waals surface area contributed by atoms with Crippen molar-refractivity contribution in [3.8, 4) is 0 Å². The molecule has 0 saturated heterocycles. The fourth-order valence-corrected chi connectivity index (χ4v) is 2.32. The van der Waals surface area contributed by atoms with Gasteiger partial charge in [0.2, 0.25) is 5.91 Å². The summed E-state index contributed by atoms with van der Waals surface area (Å²) in [6, 6.07) is 3.53. The van der Waals surface area contributed by atoms with Crippen molar-refractivity contribution in [1.82, 2.24) is 4.90 Å². The minimum absolute atomic E-state index is 0.0657. The lowest BCUT2D eigenvalue weighted by atomic mass is 10.0. The van der Waals surface area contributed by atoms with Crippen molar-refractivity contribution in [2.75, 3.05) is 25.5 Å². The number of amides is 2. The molecular formula is C15H18N2O3. The van der Waals surface area contributed by atoms with Gasteiger partial charge in [0, 0.05) is 27.1 Å². The lowest BCUT2D eigenvalue weighted by Gasteiger charge is -2.20. The SMILES string of the molecule is Cc1ccc2c(c1C)N(CCC(=O)N(C)C)C(=O)C2=O. The molecule has 0 bridgehead atoms. The molecule has 0 radical (unpaired) electrons. The first kappa shape index (κ1) is 14.2. The van der Waals surface area contributed by atoms with E-state index in [0.29, 0.717) is 11.3 Å². The summed E-state index contributed by atoms with van der Waals surface area (Å²) < 4.78 is 0. The molecule has 0 aromatic heterocycles. The second-order valence-corrected chi connectivity index (χ2v) is 5.23. The Morgan fingerprint density at radius 1 is 1.20 bits per heavy atom. The van der Waals surface area contributed by atoms with Gasteiger partial charge in [-0.15, -0.1) is 0 Å². The molecule has 0 atom stereocenters. The van der Waals surface area contributed by atoms with E-state index in [4.69, 9.17) is 0 Å². The van der Waals surface area contributed by atoms with Crippen molar-refractivity contribution >= 4 is 23.3 Å². The number of rotatable bonds is 3. The molecule has 0 fully saturated rings. The highest BCUT2D eigenvalue weighted by atomic mass is 16.2. The topological polar surface area (TPSA) is 57.7 Å². The molecule has 5 nitrogen and oxygen atoms in total. The van der Waals surface area contributed by atoms with Crippen molar-refractivity contribution in [3.05, 3.63) is 28.8 Å². The van der Waals surface area contributed by atoms with Crippen LogP contribution >= 0.6 is 0 Å². The van der Waals surface area contributed by atoms with Crippen LogP contribution in [0.4, 0.5) is 5.69 Å². The van der Waals surface area contributed by atoms with Gasteiger partial charge in [0.25, 0.3) is 11.7 Å². The predicted molar refractivity (Wildman–Crippen MR) is 75.9 cm³/mol. The zero-order chi connectivity index (χ0) is 15.0. The fraction of sp³-hybridized carbons (Fsp3) is 0.400. The molecule has 2 rings (SSSR count). The van der Waals surface area contributed by atoms with Crippen molar-refractivity contribution in [2.24, 2.45) is 0 Å². The first-order valence-corrected chi connectivity index (χ1v) is 6.51. The monoisotopic (exact) mass is 274 g/mol. The zero-order valence-corrected chi connectivity index (χ0v) is 12.2. The normalized spacial score (nSPS) is 13.7. The van der Waals surface area contributed by atoms with E-state index >= 15 is 0 Å². The molecule has 0 aliphatic carbocycles. The van der Waals surface area contributed by atoms with E-state index in [-0.39, 0.29) is 18.9 Å². The van der Waals surface area contributed by atoms with Crippen LogP contribution in [0.5, 0.6) is 0 Å². The Kier molecular flexibility index (Phi) is 3.61. The second-order valence-electron chi connectivity index (χ2n) is 5.23. The van der Waals surface area contributed by atoms with Gasteiger partial charge in [-0.3, -0.25) is 14.4 Å². The van der Waals surface area contributed by atoms with Gasteiger partial charge < -0.3 is 9.80 Å². The number of ketones is 1. The maximum absolute atomic E-state index is 12.1. The minimum Gasteiger partial charge on any atom is -0.349 e. The third-order valence-electron chi connectivity index (χ3n) is 3.70. The quantitative estimate of drug-likeness (QED) is 0.781. The number of carbonyl (C=O) groups is 3. The molecule has 1 aromatic carbocycles. The zero-order valence-electron chi connectivity index (χ0n) is 12.2. The van der Waals surface area contributed by atoms with Gasteiger partial charge in [-0.05, 0) is 31.0 Å². The second kappa shape index (κ2) is 5.07. The summed E-state index contributed by atoms with van der Waals surface area (Å²) in [7, 11) is 3.34. The predicted octanol–water partition coefficient (Wildman–Crippen LogP) is 1.31. The summed E-state index contributed by atoms with van der Waals surface area (Å²) >= 11 is 0. The van der Waals surface area contributed by atoms with Crippen LogP contribution in [0, 0.1) is 13.8 Å². The van der Waals surface area contributed by atoms with Crippen LogP contribution in [0.15, 0.2) is 12.1 Å². The molecule has 2 amide bonds. The molecule has 20 heavy (non-hydrogen) atoms. The first-order valence-electron chi connectivity index (χ1n) is 6.51. The Hall–Kier alpha value is -2.17. The highest BCUT2D eigenvalue weighted by Crippen LogP contribution is 2.34. The van der Waals surface area contributed by atoms with E-state index in [1.807, 2.05) is 19.9 Å². The Morgan fingerprint density at radius 2 is 1.85 bits per heavy atom. The average molecular weight is 274 g/mol. The van der Waals surface area contributed by atoms with Gasteiger partial charge in [0.15, 0.2) is 0 Å². The Morgan fingerprint density at radius 3 is 2.45 bits per heavy atom. The molecule has 5 heteroatoms. The molecule has 0 spiro atoms. The number of benzene rings is 1. The summed E-state index contributed by atoms with van der Waals surface area (Å²) in [6.07, 6.45) is 0.207. The Labute approximate surface area is 118 Å². The number of anilines is 1. The molecular weight excluding hydrogens is 256 g/mol. The number of fused-ring (bicyclic) bond motifs is 1. The van der Waals surface area contributed by atoms with Gasteiger partial charge in [-0.1, -0.05) is 6.07 Å². The maximum Gasteiger partial charge on any atom is 0.299 e. The number of Topliss-reactive ketones (excluding diaryl/α,β-unsaturated/α-hetero) is 1. The van der Waals surface area contributed by atoms with Crippen molar-refractivity contribution < 1.29 is 14.4 Å². The van der Waals surface area contributed by atoms with Gasteiger partial charge in [-0.25, -0.2) is 0 Å². The van der Waals surface area contributed by atoms with E-state index in [0.717, 1.165) is 11.1 Å². The number of carbonyl (C=O) groups excluding carboxylic acids is 3. The average Bonchev–Trinajstić information content (AvgIpc) is 2.64. The van der Waals surface area contributed by atoms with Crippen LogP contribution in [-0.2, 0) is 9.59 Å². The van der Waals surface area contributed by atoms with Gasteiger partial charge in [0.05, 0.1) is 11.3 Å². The van der Waals surface area contributed by atoms with E-state index in [1.165, 1.54) is 9.80 Å². The van der Waals surface area contributed by atoms with Crippen LogP contribution in [-0.4, -0.2) is 43.1 Å². The lowest BCUT2D eigenvalue weighted by molar-refractivity contribution is -0.128. The minimum atomic E-state index is -0.541. The lowest BCUT2D eigenvalue weighted by Crippen LogP contribution is -2.34. The standard InChI is InChI=1S/C15H18N2O3/c1-9-5-6-11-13(10(9)2)17(15(20)14(11)19)8-7-12(18)16(3)4/h5-6H,7-8H2,1-4H3. The maximum atomic E-state index is 12.1. The Balaban J connectivity index is 2.33. The van der Waals surface area contributed by atoms with Gasteiger partial charge >= 0.3 is 0 Å². The van der Waals surface area contributed by atoms with Crippen molar-refractivity contribution in [3.63, 3.8) is 0 Å².